The Morgan fingerprint density at radius 2 is 2.07 bits per heavy atom. The number of benzene rings is 2. The van der Waals surface area contributed by atoms with Crippen LogP contribution in [-0.4, -0.2) is 21.3 Å². The van der Waals surface area contributed by atoms with Gasteiger partial charge in [-0.05, 0) is 49.2 Å². The number of aryl methyl sites for hydroxylation is 1. The Balaban J connectivity index is 1.57. The fourth-order valence-corrected chi connectivity index (χ4v) is 3.36. The third-order valence-electron chi connectivity index (χ3n) is 4.90. The van der Waals surface area contributed by atoms with Crippen LogP contribution in [0.3, 0.4) is 0 Å². The lowest BCUT2D eigenvalue weighted by Crippen LogP contribution is -2.08. The zero-order valence-corrected chi connectivity index (χ0v) is 16.1. The fourth-order valence-electron chi connectivity index (χ4n) is 3.36. The normalized spacial score (nSPS) is 12.5. The van der Waals surface area contributed by atoms with Crippen LogP contribution in [0, 0.1) is 12.7 Å². The van der Waals surface area contributed by atoms with Crippen LogP contribution in [0.15, 0.2) is 65.9 Å². The van der Waals surface area contributed by atoms with Crippen LogP contribution in [0.1, 0.15) is 29.7 Å². The van der Waals surface area contributed by atoms with Crippen LogP contribution in [0.2, 0.25) is 0 Å². The second kappa shape index (κ2) is 7.75. The summed E-state index contributed by atoms with van der Waals surface area (Å²) in [6.07, 6.45) is 5.02. The number of aromatic amines is 1. The standard InChI is InChI=1S/C23H21FN4O/c1-14-5-3-7-21-22(14)18(23(29)28-21)13-26-17-8-9-20(19(24)11-17)27-15(2)16-6-4-10-25-12-16/h3-13,15,27-29H,1-2H3. The number of fused-ring (bicyclic) bond motifs is 1. The van der Waals surface area contributed by atoms with E-state index in [0.717, 1.165) is 22.0 Å². The number of nitrogens with zero attached hydrogens (tertiary/aromatic N) is 2. The summed E-state index contributed by atoms with van der Waals surface area (Å²) in [4.78, 5) is 11.4. The first-order chi connectivity index (χ1) is 14.0. The number of aromatic hydroxyl groups is 1. The first kappa shape index (κ1) is 18.7. The molecule has 0 saturated carbocycles. The summed E-state index contributed by atoms with van der Waals surface area (Å²) >= 11 is 0. The summed E-state index contributed by atoms with van der Waals surface area (Å²) < 4.78 is 14.6. The number of aliphatic imine (C=N–C) groups is 1. The average molecular weight is 388 g/mol. The quantitative estimate of drug-likeness (QED) is 0.387. The molecule has 29 heavy (non-hydrogen) atoms. The summed E-state index contributed by atoms with van der Waals surface area (Å²) in [5.41, 5.74) is 4.27. The van der Waals surface area contributed by atoms with E-state index in [4.69, 9.17) is 0 Å². The minimum Gasteiger partial charge on any atom is -0.494 e. The van der Waals surface area contributed by atoms with Gasteiger partial charge in [-0.1, -0.05) is 18.2 Å². The van der Waals surface area contributed by atoms with Crippen LogP contribution < -0.4 is 5.32 Å². The molecular weight excluding hydrogens is 367 g/mol. The zero-order chi connectivity index (χ0) is 20.4. The van der Waals surface area contributed by atoms with E-state index in [-0.39, 0.29) is 11.9 Å². The third-order valence-corrected chi connectivity index (χ3v) is 4.90. The van der Waals surface area contributed by atoms with Crippen molar-refractivity contribution in [2.45, 2.75) is 19.9 Å². The predicted octanol–water partition coefficient (Wildman–Crippen LogP) is 5.64. The highest BCUT2D eigenvalue weighted by Gasteiger charge is 2.12. The van der Waals surface area contributed by atoms with Crippen molar-refractivity contribution in [3.63, 3.8) is 0 Å². The van der Waals surface area contributed by atoms with Gasteiger partial charge in [-0.2, -0.15) is 0 Å². The molecule has 0 aliphatic rings. The molecule has 0 radical (unpaired) electrons. The highest BCUT2D eigenvalue weighted by Crippen LogP contribution is 2.30. The second-order valence-corrected chi connectivity index (χ2v) is 6.96. The molecule has 4 rings (SSSR count). The molecule has 0 amide bonds. The van der Waals surface area contributed by atoms with Crippen molar-refractivity contribution in [1.29, 1.82) is 0 Å². The van der Waals surface area contributed by atoms with E-state index in [2.05, 4.69) is 20.3 Å². The number of hydrogen-bond acceptors (Lipinski definition) is 4. The Morgan fingerprint density at radius 3 is 2.83 bits per heavy atom. The van der Waals surface area contributed by atoms with E-state index in [9.17, 15) is 9.50 Å². The molecule has 4 aromatic rings. The lowest BCUT2D eigenvalue weighted by Gasteiger charge is -2.16. The maximum atomic E-state index is 14.6. The van der Waals surface area contributed by atoms with Crippen LogP contribution in [0.25, 0.3) is 10.9 Å². The number of hydrogen-bond donors (Lipinski definition) is 3. The maximum Gasteiger partial charge on any atom is 0.198 e. The van der Waals surface area contributed by atoms with Gasteiger partial charge < -0.3 is 15.4 Å². The molecule has 146 valence electrons. The van der Waals surface area contributed by atoms with Crippen molar-refractivity contribution in [2.75, 3.05) is 5.32 Å². The van der Waals surface area contributed by atoms with Crippen molar-refractivity contribution < 1.29 is 9.50 Å². The van der Waals surface area contributed by atoms with Gasteiger partial charge in [-0.25, -0.2) is 4.39 Å². The molecule has 2 aromatic heterocycles. The topological polar surface area (TPSA) is 73.3 Å². The molecule has 0 aliphatic carbocycles. The molecule has 5 nitrogen and oxygen atoms in total. The molecule has 0 fully saturated rings. The van der Waals surface area contributed by atoms with E-state index in [0.29, 0.717) is 16.9 Å². The Morgan fingerprint density at radius 1 is 1.21 bits per heavy atom. The van der Waals surface area contributed by atoms with Crippen molar-refractivity contribution in [3.05, 3.63) is 83.4 Å². The summed E-state index contributed by atoms with van der Waals surface area (Å²) in [5, 5.41) is 14.3. The second-order valence-electron chi connectivity index (χ2n) is 6.96. The number of aromatic nitrogens is 2. The molecule has 0 saturated heterocycles. The summed E-state index contributed by atoms with van der Waals surface area (Å²) in [6, 6.07) is 14.3. The zero-order valence-electron chi connectivity index (χ0n) is 16.1. The molecule has 1 unspecified atom stereocenters. The van der Waals surface area contributed by atoms with E-state index < -0.39 is 5.82 Å². The summed E-state index contributed by atoms with van der Waals surface area (Å²) in [6.45, 7) is 3.92. The first-order valence-corrected chi connectivity index (χ1v) is 9.33. The number of halogens is 1. The summed E-state index contributed by atoms with van der Waals surface area (Å²) in [7, 11) is 0. The van der Waals surface area contributed by atoms with Crippen LogP contribution in [-0.2, 0) is 0 Å². The van der Waals surface area contributed by atoms with Crippen LogP contribution in [0.4, 0.5) is 15.8 Å². The number of anilines is 1. The van der Waals surface area contributed by atoms with Crippen LogP contribution >= 0.6 is 0 Å². The molecule has 0 aliphatic heterocycles. The summed E-state index contributed by atoms with van der Waals surface area (Å²) in [5.74, 6) is -0.350. The van der Waals surface area contributed by atoms with Crippen LogP contribution in [0.5, 0.6) is 5.88 Å². The van der Waals surface area contributed by atoms with Crippen molar-refractivity contribution in [2.24, 2.45) is 4.99 Å². The minimum absolute atomic E-state index is 0.0436. The lowest BCUT2D eigenvalue weighted by atomic mass is 10.1. The molecule has 1 atom stereocenters. The van der Waals surface area contributed by atoms with Gasteiger partial charge >= 0.3 is 0 Å². The number of nitrogens with one attached hydrogen (secondary N) is 2. The minimum atomic E-state index is -0.394. The molecular formula is C23H21FN4O. The molecule has 0 bridgehead atoms. The van der Waals surface area contributed by atoms with E-state index in [1.807, 2.05) is 44.2 Å². The van der Waals surface area contributed by atoms with Gasteiger partial charge in [0.25, 0.3) is 0 Å². The molecule has 0 spiro atoms. The van der Waals surface area contributed by atoms with Crippen molar-refractivity contribution in [3.8, 4) is 5.88 Å². The maximum absolute atomic E-state index is 14.6. The number of H-pyrrole nitrogens is 1. The van der Waals surface area contributed by atoms with Gasteiger partial charge in [0, 0.05) is 35.6 Å². The van der Waals surface area contributed by atoms with Gasteiger partial charge in [-0.15, -0.1) is 0 Å². The van der Waals surface area contributed by atoms with Gasteiger partial charge in [0.2, 0.25) is 0 Å². The van der Waals surface area contributed by atoms with Crippen molar-refractivity contribution >= 4 is 28.5 Å². The highest BCUT2D eigenvalue weighted by atomic mass is 19.1. The average Bonchev–Trinajstić information content (AvgIpc) is 3.05. The lowest BCUT2D eigenvalue weighted by molar-refractivity contribution is 0.457. The molecule has 3 N–H and O–H groups in total. The largest absolute Gasteiger partial charge is 0.494 e. The van der Waals surface area contributed by atoms with Gasteiger partial charge in [0.05, 0.1) is 23.0 Å². The van der Waals surface area contributed by atoms with E-state index in [1.165, 1.54) is 6.07 Å². The molecule has 6 heteroatoms. The first-order valence-electron chi connectivity index (χ1n) is 9.33. The Kier molecular flexibility index (Phi) is 4.99. The van der Waals surface area contributed by atoms with Gasteiger partial charge in [0.15, 0.2) is 5.88 Å². The number of rotatable bonds is 5. The predicted molar refractivity (Wildman–Crippen MR) is 115 cm³/mol. The monoisotopic (exact) mass is 388 g/mol. The Labute approximate surface area is 168 Å². The molecule has 2 aromatic carbocycles. The SMILES string of the molecule is Cc1cccc2[nH]c(O)c(C=Nc3ccc(NC(C)c4cccnc4)c(F)c3)c12. The highest BCUT2D eigenvalue weighted by molar-refractivity contribution is 6.04. The van der Waals surface area contributed by atoms with Crippen molar-refractivity contribution in [1.82, 2.24) is 9.97 Å². The molecule has 2 heterocycles. The Bertz CT molecular complexity index is 1180. The fraction of sp³-hybridized carbons (Fsp3) is 0.130. The van der Waals surface area contributed by atoms with E-state index >= 15 is 0 Å². The van der Waals surface area contributed by atoms with Gasteiger partial charge in [-0.3, -0.25) is 9.98 Å². The Hall–Kier alpha value is -3.67. The smallest absolute Gasteiger partial charge is 0.198 e. The number of pyridine rings is 1. The third kappa shape index (κ3) is 3.82. The van der Waals surface area contributed by atoms with Gasteiger partial charge in [0.1, 0.15) is 5.82 Å². The van der Waals surface area contributed by atoms with E-state index in [1.54, 1.807) is 30.7 Å².